The Hall–Kier alpha value is -3.08. The minimum Gasteiger partial charge on any atom is -0.492 e. The lowest BCUT2D eigenvalue weighted by atomic mass is 10.1. The Labute approximate surface area is 160 Å². The lowest BCUT2D eigenvalue weighted by molar-refractivity contribution is 0.342. The van der Waals surface area contributed by atoms with Crippen LogP contribution in [0.4, 0.5) is 17.5 Å². The number of ether oxygens (including phenoxy) is 1. The first kappa shape index (κ1) is 18.7. The van der Waals surface area contributed by atoms with Crippen LogP contribution in [0.2, 0.25) is 0 Å². The summed E-state index contributed by atoms with van der Waals surface area (Å²) in [5.74, 6) is 2.14. The SMILES string of the molecule is CCCCNc1cc(-c2ccccc2)nc(Nc2ccccc2OCC)n1. The van der Waals surface area contributed by atoms with Crippen molar-refractivity contribution in [2.24, 2.45) is 0 Å². The number of anilines is 3. The van der Waals surface area contributed by atoms with Gasteiger partial charge in [0, 0.05) is 18.2 Å². The molecule has 3 aromatic rings. The minimum absolute atomic E-state index is 0.544. The fourth-order valence-corrected chi connectivity index (χ4v) is 2.72. The summed E-state index contributed by atoms with van der Waals surface area (Å²) in [7, 11) is 0. The van der Waals surface area contributed by atoms with E-state index < -0.39 is 0 Å². The Bertz CT molecular complexity index is 852. The maximum atomic E-state index is 5.70. The Balaban J connectivity index is 1.92. The summed E-state index contributed by atoms with van der Waals surface area (Å²) in [5.41, 5.74) is 2.78. The number of nitrogens with zero attached hydrogens (tertiary/aromatic N) is 2. The lowest BCUT2D eigenvalue weighted by Crippen LogP contribution is -2.07. The van der Waals surface area contributed by atoms with Gasteiger partial charge in [0.15, 0.2) is 0 Å². The molecule has 0 saturated carbocycles. The van der Waals surface area contributed by atoms with Crippen LogP contribution in [0.15, 0.2) is 60.7 Å². The molecule has 0 unspecified atom stereocenters. The highest BCUT2D eigenvalue weighted by atomic mass is 16.5. The van der Waals surface area contributed by atoms with Gasteiger partial charge in [-0.2, -0.15) is 4.98 Å². The molecule has 1 heterocycles. The minimum atomic E-state index is 0.544. The van der Waals surface area contributed by atoms with Gasteiger partial charge in [0.05, 0.1) is 18.0 Å². The van der Waals surface area contributed by atoms with Crippen LogP contribution in [-0.2, 0) is 0 Å². The Morgan fingerprint density at radius 2 is 1.70 bits per heavy atom. The van der Waals surface area contributed by atoms with Crippen LogP contribution in [-0.4, -0.2) is 23.1 Å². The molecule has 0 aliphatic rings. The molecule has 5 heteroatoms. The highest BCUT2D eigenvalue weighted by molar-refractivity contribution is 5.68. The van der Waals surface area contributed by atoms with Crippen LogP contribution in [0.5, 0.6) is 5.75 Å². The summed E-state index contributed by atoms with van der Waals surface area (Å²) < 4.78 is 5.70. The van der Waals surface area contributed by atoms with Crippen LogP contribution in [0.25, 0.3) is 11.3 Å². The van der Waals surface area contributed by atoms with Crippen LogP contribution < -0.4 is 15.4 Å². The van der Waals surface area contributed by atoms with Crippen molar-refractivity contribution in [1.82, 2.24) is 9.97 Å². The van der Waals surface area contributed by atoms with Crippen LogP contribution in [0.3, 0.4) is 0 Å². The zero-order valence-electron chi connectivity index (χ0n) is 15.9. The van der Waals surface area contributed by atoms with Gasteiger partial charge < -0.3 is 15.4 Å². The largest absolute Gasteiger partial charge is 0.492 e. The molecular formula is C22H26N4O. The third-order valence-electron chi connectivity index (χ3n) is 4.07. The number of para-hydroxylation sites is 2. The monoisotopic (exact) mass is 362 g/mol. The molecule has 3 rings (SSSR count). The van der Waals surface area contributed by atoms with E-state index in [4.69, 9.17) is 9.72 Å². The van der Waals surface area contributed by atoms with E-state index in [9.17, 15) is 0 Å². The van der Waals surface area contributed by atoms with E-state index in [0.29, 0.717) is 12.6 Å². The Morgan fingerprint density at radius 3 is 2.48 bits per heavy atom. The van der Waals surface area contributed by atoms with Gasteiger partial charge in [-0.3, -0.25) is 0 Å². The van der Waals surface area contributed by atoms with Crippen molar-refractivity contribution in [1.29, 1.82) is 0 Å². The number of rotatable bonds is 9. The van der Waals surface area contributed by atoms with Gasteiger partial charge >= 0.3 is 0 Å². The molecule has 0 fully saturated rings. The predicted octanol–water partition coefficient (Wildman–Crippen LogP) is 5.50. The molecule has 0 aliphatic carbocycles. The second-order valence-corrected chi connectivity index (χ2v) is 6.16. The molecule has 0 saturated heterocycles. The summed E-state index contributed by atoms with van der Waals surface area (Å²) in [6.45, 7) is 5.64. The van der Waals surface area contributed by atoms with Gasteiger partial charge in [-0.15, -0.1) is 0 Å². The fourth-order valence-electron chi connectivity index (χ4n) is 2.72. The molecule has 0 bridgehead atoms. The van der Waals surface area contributed by atoms with Gasteiger partial charge in [0.2, 0.25) is 5.95 Å². The van der Waals surface area contributed by atoms with E-state index in [2.05, 4.69) is 34.7 Å². The van der Waals surface area contributed by atoms with E-state index in [1.165, 1.54) is 0 Å². The summed E-state index contributed by atoms with van der Waals surface area (Å²) in [4.78, 5) is 9.35. The molecular weight excluding hydrogens is 336 g/mol. The van der Waals surface area contributed by atoms with Crippen molar-refractivity contribution in [3.05, 3.63) is 60.7 Å². The molecule has 1 aromatic heterocycles. The zero-order valence-corrected chi connectivity index (χ0v) is 15.9. The second-order valence-electron chi connectivity index (χ2n) is 6.16. The summed E-state index contributed by atoms with van der Waals surface area (Å²) in [6, 6.07) is 19.9. The van der Waals surface area contributed by atoms with E-state index in [-0.39, 0.29) is 0 Å². The number of hydrogen-bond acceptors (Lipinski definition) is 5. The Morgan fingerprint density at radius 1 is 0.926 bits per heavy atom. The quantitative estimate of drug-likeness (QED) is 0.492. The van der Waals surface area contributed by atoms with E-state index in [1.807, 2.05) is 55.5 Å². The van der Waals surface area contributed by atoms with Crippen molar-refractivity contribution >= 4 is 17.5 Å². The topological polar surface area (TPSA) is 59.1 Å². The maximum absolute atomic E-state index is 5.70. The molecule has 0 aliphatic heterocycles. The van der Waals surface area contributed by atoms with Gasteiger partial charge in [-0.25, -0.2) is 4.98 Å². The van der Waals surface area contributed by atoms with Crippen molar-refractivity contribution in [3.8, 4) is 17.0 Å². The maximum Gasteiger partial charge on any atom is 0.229 e. The van der Waals surface area contributed by atoms with Crippen LogP contribution >= 0.6 is 0 Å². The van der Waals surface area contributed by atoms with Gasteiger partial charge in [0.25, 0.3) is 0 Å². The second kappa shape index (κ2) is 9.57. The molecule has 0 atom stereocenters. The summed E-state index contributed by atoms with van der Waals surface area (Å²) in [6.07, 6.45) is 2.23. The number of aromatic nitrogens is 2. The molecule has 2 N–H and O–H groups in total. The fraction of sp³-hybridized carbons (Fsp3) is 0.273. The first-order chi connectivity index (χ1) is 13.3. The van der Waals surface area contributed by atoms with E-state index in [1.54, 1.807) is 0 Å². The van der Waals surface area contributed by atoms with Crippen molar-refractivity contribution < 1.29 is 4.74 Å². The average molecular weight is 362 g/mol. The van der Waals surface area contributed by atoms with Gasteiger partial charge in [-0.05, 0) is 25.5 Å². The highest BCUT2D eigenvalue weighted by Gasteiger charge is 2.09. The molecule has 27 heavy (non-hydrogen) atoms. The number of unbranched alkanes of at least 4 members (excludes halogenated alkanes) is 1. The molecule has 0 radical (unpaired) electrons. The highest BCUT2D eigenvalue weighted by Crippen LogP contribution is 2.28. The van der Waals surface area contributed by atoms with Crippen molar-refractivity contribution in [2.45, 2.75) is 26.7 Å². The first-order valence-corrected chi connectivity index (χ1v) is 9.47. The van der Waals surface area contributed by atoms with Crippen LogP contribution in [0.1, 0.15) is 26.7 Å². The zero-order chi connectivity index (χ0) is 18.9. The summed E-state index contributed by atoms with van der Waals surface area (Å²) >= 11 is 0. The normalized spacial score (nSPS) is 10.4. The summed E-state index contributed by atoms with van der Waals surface area (Å²) in [5, 5.41) is 6.71. The molecule has 0 spiro atoms. The molecule has 2 aromatic carbocycles. The van der Waals surface area contributed by atoms with Crippen molar-refractivity contribution in [2.75, 3.05) is 23.8 Å². The standard InChI is InChI=1S/C22H26N4O/c1-3-5-15-23-21-16-19(17-11-7-6-8-12-17)25-22(26-21)24-18-13-9-10-14-20(18)27-4-2/h6-14,16H,3-5,15H2,1-2H3,(H2,23,24,25,26). The Kier molecular flexibility index (Phi) is 6.63. The third kappa shape index (κ3) is 5.20. The average Bonchev–Trinajstić information content (AvgIpc) is 2.70. The van der Waals surface area contributed by atoms with E-state index >= 15 is 0 Å². The van der Waals surface area contributed by atoms with E-state index in [0.717, 1.165) is 47.9 Å². The lowest BCUT2D eigenvalue weighted by Gasteiger charge is -2.14. The smallest absolute Gasteiger partial charge is 0.229 e. The third-order valence-corrected chi connectivity index (χ3v) is 4.07. The predicted molar refractivity (Wildman–Crippen MR) is 112 cm³/mol. The number of benzene rings is 2. The molecule has 0 amide bonds. The number of hydrogen-bond donors (Lipinski definition) is 2. The molecule has 140 valence electrons. The molecule has 5 nitrogen and oxygen atoms in total. The van der Waals surface area contributed by atoms with Gasteiger partial charge in [0.1, 0.15) is 11.6 Å². The number of nitrogens with one attached hydrogen (secondary N) is 2. The van der Waals surface area contributed by atoms with Gasteiger partial charge in [-0.1, -0.05) is 55.8 Å². The van der Waals surface area contributed by atoms with Crippen molar-refractivity contribution in [3.63, 3.8) is 0 Å². The first-order valence-electron chi connectivity index (χ1n) is 9.47. The van der Waals surface area contributed by atoms with Crippen LogP contribution in [0, 0.1) is 0 Å².